The summed E-state index contributed by atoms with van der Waals surface area (Å²) < 4.78 is 0. The van der Waals surface area contributed by atoms with Gasteiger partial charge < -0.3 is 15.9 Å². The Morgan fingerprint density at radius 1 is 1.26 bits per heavy atom. The van der Waals surface area contributed by atoms with Gasteiger partial charge in [-0.2, -0.15) is 0 Å². The lowest BCUT2D eigenvalue weighted by atomic mass is 9.93. The second-order valence-electron chi connectivity index (χ2n) is 5.89. The average Bonchev–Trinajstić information content (AvgIpc) is 2.32. The van der Waals surface area contributed by atoms with Crippen LogP contribution in [0.3, 0.4) is 0 Å². The fraction of sp³-hybridized carbons (Fsp3) is 0.600. The van der Waals surface area contributed by atoms with Crippen molar-refractivity contribution < 1.29 is 10.2 Å². The van der Waals surface area contributed by atoms with Crippen molar-refractivity contribution in [3.8, 4) is 11.5 Å². The van der Waals surface area contributed by atoms with Crippen molar-refractivity contribution in [3.05, 3.63) is 23.8 Å². The summed E-state index contributed by atoms with van der Waals surface area (Å²) in [7, 11) is 0. The van der Waals surface area contributed by atoms with Gasteiger partial charge in [-0.1, -0.05) is 26.8 Å². The van der Waals surface area contributed by atoms with Gasteiger partial charge in [0, 0.05) is 24.7 Å². The van der Waals surface area contributed by atoms with Crippen molar-refractivity contribution in [1.82, 2.24) is 4.90 Å². The van der Waals surface area contributed by atoms with E-state index in [9.17, 15) is 10.2 Å². The molecule has 1 aromatic rings. The number of rotatable bonds is 7. The summed E-state index contributed by atoms with van der Waals surface area (Å²) in [5, 5.41) is 19.2. The van der Waals surface area contributed by atoms with Crippen LogP contribution in [0.25, 0.3) is 0 Å². The molecule has 4 heteroatoms. The van der Waals surface area contributed by atoms with Gasteiger partial charge in [-0.15, -0.1) is 0 Å². The number of phenols is 2. The number of hydrogen-bond donors (Lipinski definition) is 3. The summed E-state index contributed by atoms with van der Waals surface area (Å²) in [4.78, 5) is 2.29. The molecule has 0 unspecified atom stereocenters. The van der Waals surface area contributed by atoms with Gasteiger partial charge in [0.25, 0.3) is 0 Å². The molecule has 1 aromatic carbocycles. The summed E-state index contributed by atoms with van der Waals surface area (Å²) in [6, 6.07) is 4.75. The van der Waals surface area contributed by atoms with Gasteiger partial charge in [-0.3, -0.25) is 4.90 Å². The first-order valence-corrected chi connectivity index (χ1v) is 6.81. The maximum Gasteiger partial charge on any atom is 0.123 e. The molecule has 19 heavy (non-hydrogen) atoms. The summed E-state index contributed by atoms with van der Waals surface area (Å²) in [5.74, 6) is 0.234. The normalized spacial score (nSPS) is 12.1. The second kappa shape index (κ2) is 6.78. The van der Waals surface area contributed by atoms with Gasteiger partial charge in [0.2, 0.25) is 0 Å². The highest BCUT2D eigenvalue weighted by Gasteiger charge is 2.20. The number of nitrogens with zero attached hydrogens (tertiary/aromatic N) is 1. The van der Waals surface area contributed by atoms with Gasteiger partial charge in [-0.05, 0) is 31.0 Å². The SMILES string of the molecule is CCCN(Cc1ccc(O)cc1O)CC(C)(C)CN. The molecule has 0 atom stereocenters. The van der Waals surface area contributed by atoms with Gasteiger partial charge in [-0.25, -0.2) is 0 Å². The van der Waals surface area contributed by atoms with Crippen LogP contribution < -0.4 is 5.73 Å². The molecule has 0 heterocycles. The highest BCUT2D eigenvalue weighted by Crippen LogP contribution is 2.25. The van der Waals surface area contributed by atoms with E-state index in [1.165, 1.54) is 6.07 Å². The van der Waals surface area contributed by atoms with Crippen molar-refractivity contribution >= 4 is 0 Å². The van der Waals surface area contributed by atoms with Crippen LogP contribution in [0.15, 0.2) is 18.2 Å². The molecule has 0 saturated heterocycles. The molecule has 108 valence electrons. The van der Waals surface area contributed by atoms with Crippen molar-refractivity contribution in [1.29, 1.82) is 0 Å². The Labute approximate surface area is 115 Å². The van der Waals surface area contributed by atoms with E-state index in [1.54, 1.807) is 12.1 Å². The molecular formula is C15H26N2O2. The molecule has 0 radical (unpaired) electrons. The van der Waals surface area contributed by atoms with Crippen molar-refractivity contribution in [3.63, 3.8) is 0 Å². The van der Waals surface area contributed by atoms with Gasteiger partial charge in [0.15, 0.2) is 0 Å². The predicted octanol–water partition coefficient (Wildman–Crippen LogP) is 2.29. The molecule has 0 amide bonds. The zero-order chi connectivity index (χ0) is 14.5. The predicted molar refractivity (Wildman–Crippen MR) is 78.2 cm³/mol. The van der Waals surface area contributed by atoms with Crippen LogP contribution in [0.1, 0.15) is 32.8 Å². The third-order valence-electron chi connectivity index (χ3n) is 3.21. The summed E-state index contributed by atoms with van der Waals surface area (Å²) in [6.45, 7) is 9.58. The fourth-order valence-electron chi connectivity index (χ4n) is 2.13. The van der Waals surface area contributed by atoms with Crippen LogP contribution in [0.5, 0.6) is 11.5 Å². The molecule has 0 fully saturated rings. The molecule has 0 aliphatic rings. The van der Waals surface area contributed by atoms with Crippen LogP contribution in [0, 0.1) is 5.41 Å². The van der Waals surface area contributed by atoms with E-state index in [-0.39, 0.29) is 16.9 Å². The summed E-state index contributed by atoms with van der Waals surface area (Å²) in [6.07, 6.45) is 1.06. The van der Waals surface area contributed by atoms with Crippen molar-refractivity contribution in [2.24, 2.45) is 11.1 Å². The minimum atomic E-state index is 0.0573. The maximum absolute atomic E-state index is 9.85. The lowest BCUT2D eigenvalue weighted by molar-refractivity contribution is 0.174. The Morgan fingerprint density at radius 2 is 1.95 bits per heavy atom. The molecule has 0 spiro atoms. The van der Waals surface area contributed by atoms with Crippen LogP contribution in [-0.4, -0.2) is 34.7 Å². The molecule has 0 saturated carbocycles. The first-order chi connectivity index (χ1) is 8.88. The van der Waals surface area contributed by atoms with Crippen LogP contribution in [0.2, 0.25) is 0 Å². The van der Waals surface area contributed by atoms with Crippen LogP contribution in [-0.2, 0) is 6.54 Å². The largest absolute Gasteiger partial charge is 0.508 e. The lowest BCUT2D eigenvalue weighted by Gasteiger charge is -2.31. The zero-order valence-corrected chi connectivity index (χ0v) is 12.2. The lowest BCUT2D eigenvalue weighted by Crippen LogP contribution is -2.38. The highest BCUT2D eigenvalue weighted by molar-refractivity contribution is 5.38. The standard InChI is InChI=1S/C15H26N2O2/c1-4-7-17(11-15(2,3)10-16)9-12-5-6-13(18)8-14(12)19/h5-6,8,18-19H,4,7,9-11,16H2,1-3H3. The molecule has 0 aromatic heterocycles. The third-order valence-corrected chi connectivity index (χ3v) is 3.21. The molecule has 4 N–H and O–H groups in total. The molecule has 0 aliphatic heterocycles. The Kier molecular flexibility index (Phi) is 5.63. The molecule has 4 nitrogen and oxygen atoms in total. The Bertz CT molecular complexity index is 405. The van der Waals surface area contributed by atoms with E-state index in [4.69, 9.17) is 5.73 Å². The van der Waals surface area contributed by atoms with E-state index >= 15 is 0 Å². The number of nitrogens with two attached hydrogens (primary N) is 1. The van der Waals surface area contributed by atoms with E-state index in [1.807, 2.05) is 0 Å². The minimum absolute atomic E-state index is 0.0573. The van der Waals surface area contributed by atoms with E-state index < -0.39 is 0 Å². The molecule has 0 bridgehead atoms. The first kappa shape index (κ1) is 15.8. The Balaban J connectivity index is 2.77. The Morgan fingerprint density at radius 3 is 2.47 bits per heavy atom. The van der Waals surface area contributed by atoms with Crippen molar-refractivity contribution in [2.75, 3.05) is 19.6 Å². The minimum Gasteiger partial charge on any atom is -0.508 e. The zero-order valence-electron chi connectivity index (χ0n) is 12.2. The monoisotopic (exact) mass is 266 g/mol. The summed E-state index contributed by atoms with van der Waals surface area (Å²) in [5.41, 5.74) is 6.67. The van der Waals surface area contributed by atoms with Gasteiger partial charge in [0.1, 0.15) is 11.5 Å². The third kappa shape index (κ3) is 5.09. The van der Waals surface area contributed by atoms with E-state index in [2.05, 4.69) is 25.7 Å². The van der Waals surface area contributed by atoms with Crippen molar-refractivity contribution in [2.45, 2.75) is 33.7 Å². The number of benzene rings is 1. The smallest absolute Gasteiger partial charge is 0.123 e. The topological polar surface area (TPSA) is 69.7 Å². The number of hydrogen-bond acceptors (Lipinski definition) is 4. The van der Waals surface area contributed by atoms with E-state index in [0.717, 1.165) is 25.1 Å². The second-order valence-corrected chi connectivity index (χ2v) is 5.89. The fourth-order valence-corrected chi connectivity index (χ4v) is 2.13. The maximum atomic E-state index is 9.85. The Hall–Kier alpha value is -1.26. The van der Waals surface area contributed by atoms with Gasteiger partial charge in [0.05, 0.1) is 0 Å². The number of aromatic hydroxyl groups is 2. The highest BCUT2D eigenvalue weighted by atomic mass is 16.3. The average molecular weight is 266 g/mol. The summed E-state index contributed by atoms with van der Waals surface area (Å²) >= 11 is 0. The van der Waals surface area contributed by atoms with Crippen LogP contribution in [0.4, 0.5) is 0 Å². The van der Waals surface area contributed by atoms with Gasteiger partial charge >= 0.3 is 0 Å². The van der Waals surface area contributed by atoms with Crippen LogP contribution >= 0.6 is 0 Å². The quantitative estimate of drug-likeness (QED) is 0.708. The number of phenolic OH excluding ortho intramolecular Hbond substituents is 2. The molecule has 1 rings (SSSR count). The molecule has 0 aliphatic carbocycles. The molecular weight excluding hydrogens is 240 g/mol. The first-order valence-electron chi connectivity index (χ1n) is 6.81. The van der Waals surface area contributed by atoms with E-state index in [0.29, 0.717) is 13.1 Å².